The molecule has 1 unspecified atom stereocenters. The smallest absolute Gasteiger partial charge is 0.253 e. The van der Waals surface area contributed by atoms with Crippen LogP contribution in [0.2, 0.25) is 0 Å². The highest BCUT2D eigenvalue weighted by Gasteiger charge is 2.39. The molecule has 2 heterocycles. The van der Waals surface area contributed by atoms with E-state index in [0.717, 1.165) is 19.4 Å². The van der Waals surface area contributed by atoms with Crippen molar-refractivity contribution in [2.75, 3.05) is 19.7 Å². The van der Waals surface area contributed by atoms with Crippen molar-refractivity contribution >= 4 is 18.2 Å². The minimum atomic E-state index is -0.188. The van der Waals surface area contributed by atoms with Crippen LogP contribution < -0.4 is 5.32 Å². The van der Waals surface area contributed by atoms with Gasteiger partial charge in [-0.25, -0.2) is 0 Å². The number of imide groups is 1. The molecule has 2 rings (SSSR count). The lowest BCUT2D eigenvalue weighted by Crippen LogP contribution is -2.32. The molecule has 6 heteroatoms. The number of amides is 3. The van der Waals surface area contributed by atoms with Crippen molar-refractivity contribution in [1.29, 1.82) is 0 Å². The molecule has 0 aromatic heterocycles. The predicted molar refractivity (Wildman–Crippen MR) is 89.7 cm³/mol. The molecule has 23 heavy (non-hydrogen) atoms. The Bertz CT molecular complexity index is 397. The number of epoxide rings is 1. The molecule has 2 aliphatic rings. The normalized spacial score (nSPS) is 18.7. The van der Waals surface area contributed by atoms with Gasteiger partial charge in [-0.15, -0.1) is 0 Å². The van der Waals surface area contributed by atoms with E-state index in [0.29, 0.717) is 19.2 Å². The summed E-state index contributed by atoms with van der Waals surface area (Å²) in [5.74, 6) is -0.376. The SMILES string of the molecule is CC(C)(CNC=O)C1CO1.CCC.CCCN1C(=O)C=CC1=O. The van der Waals surface area contributed by atoms with E-state index in [1.807, 2.05) is 6.92 Å². The Labute approximate surface area is 139 Å². The predicted octanol–water partition coefficient (Wildman–Crippen LogP) is 1.90. The molecule has 132 valence electrons. The molecule has 0 spiro atoms. The van der Waals surface area contributed by atoms with Gasteiger partial charge in [0.25, 0.3) is 11.8 Å². The van der Waals surface area contributed by atoms with Crippen molar-refractivity contribution in [3.05, 3.63) is 12.2 Å². The van der Waals surface area contributed by atoms with E-state index in [1.165, 1.54) is 23.5 Å². The van der Waals surface area contributed by atoms with Crippen molar-refractivity contribution in [3.63, 3.8) is 0 Å². The highest BCUT2D eigenvalue weighted by molar-refractivity contribution is 6.12. The number of rotatable bonds is 6. The molecule has 0 aromatic carbocycles. The number of ether oxygens (including phenoxy) is 1. The summed E-state index contributed by atoms with van der Waals surface area (Å²) in [6.07, 6.45) is 5.75. The van der Waals surface area contributed by atoms with Crippen molar-refractivity contribution in [2.24, 2.45) is 5.41 Å². The Morgan fingerprint density at radius 3 is 2.09 bits per heavy atom. The molecule has 0 radical (unpaired) electrons. The van der Waals surface area contributed by atoms with Gasteiger partial charge in [0, 0.05) is 30.7 Å². The van der Waals surface area contributed by atoms with Crippen molar-refractivity contribution in [2.45, 2.75) is 53.6 Å². The first-order chi connectivity index (χ1) is 10.8. The Hall–Kier alpha value is -1.69. The zero-order valence-electron chi connectivity index (χ0n) is 14.9. The first-order valence-corrected chi connectivity index (χ1v) is 8.16. The van der Waals surface area contributed by atoms with Crippen LogP contribution in [-0.4, -0.2) is 48.9 Å². The molecule has 6 nitrogen and oxygen atoms in total. The monoisotopic (exact) mass is 326 g/mol. The Morgan fingerprint density at radius 2 is 1.74 bits per heavy atom. The van der Waals surface area contributed by atoms with Gasteiger partial charge in [0.2, 0.25) is 6.41 Å². The average molecular weight is 326 g/mol. The summed E-state index contributed by atoms with van der Waals surface area (Å²) < 4.78 is 5.11. The minimum Gasteiger partial charge on any atom is -0.372 e. The van der Waals surface area contributed by atoms with Gasteiger partial charge >= 0.3 is 0 Å². The summed E-state index contributed by atoms with van der Waals surface area (Å²) in [6.45, 7) is 12.4. The lowest BCUT2D eigenvalue weighted by Gasteiger charge is -2.20. The Morgan fingerprint density at radius 1 is 1.26 bits per heavy atom. The number of nitrogens with zero attached hydrogens (tertiary/aromatic N) is 1. The van der Waals surface area contributed by atoms with E-state index in [4.69, 9.17) is 4.74 Å². The van der Waals surface area contributed by atoms with E-state index < -0.39 is 0 Å². The lowest BCUT2D eigenvalue weighted by atomic mass is 9.90. The molecule has 1 fully saturated rings. The fourth-order valence-electron chi connectivity index (χ4n) is 1.79. The fourth-order valence-corrected chi connectivity index (χ4v) is 1.79. The zero-order chi connectivity index (χ0) is 17.9. The zero-order valence-corrected chi connectivity index (χ0v) is 14.9. The van der Waals surface area contributed by atoms with E-state index >= 15 is 0 Å². The van der Waals surface area contributed by atoms with Crippen LogP contribution in [0.25, 0.3) is 0 Å². The third kappa shape index (κ3) is 8.50. The molecule has 0 saturated carbocycles. The molecule has 2 aliphatic heterocycles. The maximum absolute atomic E-state index is 10.8. The first kappa shape index (κ1) is 21.3. The van der Waals surface area contributed by atoms with Gasteiger partial charge in [0.05, 0.1) is 12.7 Å². The highest BCUT2D eigenvalue weighted by atomic mass is 16.6. The maximum atomic E-state index is 10.8. The second-order valence-electron chi connectivity index (χ2n) is 6.18. The summed E-state index contributed by atoms with van der Waals surface area (Å²) in [5.41, 5.74) is 0.0981. The van der Waals surface area contributed by atoms with Crippen molar-refractivity contribution < 1.29 is 19.1 Å². The molecule has 0 aromatic rings. The first-order valence-electron chi connectivity index (χ1n) is 8.16. The molecular weight excluding hydrogens is 296 g/mol. The van der Waals surface area contributed by atoms with Gasteiger partial charge in [0.1, 0.15) is 0 Å². The van der Waals surface area contributed by atoms with Crippen LogP contribution in [-0.2, 0) is 19.1 Å². The number of hydrogen-bond acceptors (Lipinski definition) is 4. The summed E-state index contributed by atoms with van der Waals surface area (Å²) in [6, 6.07) is 0. The molecule has 1 saturated heterocycles. The summed E-state index contributed by atoms with van der Waals surface area (Å²) >= 11 is 0. The number of nitrogens with one attached hydrogen (secondary N) is 1. The van der Waals surface area contributed by atoms with E-state index in [-0.39, 0.29) is 17.2 Å². The van der Waals surface area contributed by atoms with E-state index in [2.05, 4.69) is 33.0 Å². The van der Waals surface area contributed by atoms with Crippen LogP contribution in [0.5, 0.6) is 0 Å². The molecular formula is C17H30N2O4. The maximum Gasteiger partial charge on any atom is 0.253 e. The molecule has 0 bridgehead atoms. The Kier molecular flexibility index (Phi) is 10.1. The number of carbonyl (C=O) groups is 3. The van der Waals surface area contributed by atoms with Gasteiger partial charge in [-0.3, -0.25) is 19.3 Å². The van der Waals surface area contributed by atoms with Crippen LogP contribution in [0.1, 0.15) is 47.5 Å². The van der Waals surface area contributed by atoms with Crippen LogP contribution in [0.3, 0.4) is 0 Å². The van der Waals surface area contributed by atoms with Gasteiger partial charge < -0.3 is 10.1 Å². The largest absolute Gasteiger partial charge is 0.372 e. The van der Waals surface area contributed by atoms with Crippen LogP contribution in [0.4, 0.5) is 0 Å². The average Bonchev–Trinajstić information content (AvgIpc) is 3.31. The Balaban J connectivity index is 0.000000360. The summed E-state index contributed by atoms with van der Waals surface area (Å²) in [7, 11) is 0. The molecule has 1 atom stereocenters. The summed E-state index contributed by atoms with van der Waals surface area (Å²) in [4.78, 5) is 32.8. The van der Waals surface area contributed by atoms with Gasteiger partial charge in [-0.2, -0.15) is 0 Å². The van der Waals surface area contributed by atoms with Crippen molar-refractivity contribution in [1.82, 2.24) is 10.2 Å². The lowest BCUT2D eigenvalue weighted by molar-refractivity contribution is -0.136. The molecule has 3 amide bonds. The quantitative estimate of drug-likeness (QED) is 0.459. The van der Waals surface area contributed by atoms with E-state index in [9.17, 15) is 14.4 Å². The van der Waals surface area contributed by atoms with Crippen LogP contribution >= 0.6 is 0 Å². The second-order valence-corrected chi connectivity index (χ2v) is 6.18. The van der Waals surface area contributed by atoms with Gasteiger partial charge in [-0.05, 0) is 6.42 Å². The third-order valence-corrected chi connectivity index (χ3v) is 3.19. The third-order valence-electron chi connectivity index (χ3n) is 3.19. The molecule has 0 aliphatic carbocycles. The minimum absolute atomic E-state index is 0.0981. The summed E-state index contributed by atoms with van der Waals surface area (Å²) in [5, 5.41) is 2.65. The van der Waals surface area contributed by atoms with E-state index in [1.54, 1.807) is 0 Å². The highest BCUT2D eigenvalue weighted by Crippen LogP contribution is 2.30. The standard InChI is InChI=1S/C7H13NO2.C7H9NO2.C3H8/c1-7(2,4-8-5-9)6-3-10-6;1-2-5-8-6(9)3-4-7(8)10;1-3-2/h5-6H,3-4H2,1-2H3,(H,8,9);3-4H,2,5H2,1H3;3H2,1-2H3. The fraction of sp³-hybridized carbons (Fsp3) is 0.706. The molecule has 1 N–H and O–H groups in total. The van der Waals surface area contributed by atoms with Crippen molar-refractivity contribution in [3.8, 4) is 0 Å². The number of hydrogen-bond donors (Lipinski definition) is 1. The van der Waals surface area contributed by atoms with Crippen LogP contribution in [0, 0.1) is 5.41 Å². The second kappa shape index (κ2) is 10.9. The van der Waals surface area contributed by atoms with Gasteiger partial charge in [0.15, 0.2) is 0 Å². The topological polar surface area (TPSA) is 79.0 Å². The van der Waals surface area contributed by atoms with Gasteiger partial charge in [-0.1, -0.05) is 41.0 Å². The van der Waals surface area contributed by atoms with Crippen LogP contribution in [0.15, 0.2) is 12.2 Å². The number of carbonyl (C=O) groups excluding carboxylic acids is 3.